The molecule has 1 heterocycles. The summed E-state index contributed by atoms with van der Waals surface area (Å²) in [6, 6.07) is 13.0. The third-order valence-corrected chi connectivity index (χ3v) is 5.25. The Morgan fingerprint density at radius 1 is 1.20 bits per heavy atom. The number of rotatable bonds is 4. The van der Waals surface area contributed by atoms with Crippen LogP contribution >= 0.6 is 0 Å². The monoisotopic (exact) mass is 406 g/mol. The highest BCUT2D eigenvalue weighted by Gasteiger charge is 2.37. The first-order valence-electron chi connectivity index (χ1n) is 10.1. The largest absolute Gasteiger partial charge is 0.490 e. The van der Waals surface area contributed by atoms with Crippen LogP contribution in [-0.4, -0.2) is 25.0 Å². The lowest BCUT2D eigenvalue weighted by Crippen LogP contribution is -2.42. The molecule has 2 aromatic carbocycles. The van der Waals surface area contributed by atoms with Crippen molar-refractivity contribution in [2.24, 2.45) is 5.41 Å². The Morgan fingerprint density at radius 3 is 2.47 bits per heavy atom. The molecule has 0 radical (unpaired) electrons. The van der Waals surface area contributed by atoms with Crippen LogP contribution in [0.3, 0.4) is 0 Å². The zero-order chi connectivity index (χ0) is 22.1. The molecule has 0 aliphatic carbocycles. The van der Waals surface area contributed by atoms with E-state index >= 15 is 0 Å². The first-order chi connectivity index (χ1) is 14.0. The fourth-order valence-electron chi connectivity index (χ4n) is 3.36. The van der Waals surface area contributed by atoms with E-state index in [9.17, 15) is 9.59 Å². The first-order valence-corrected chi connectivity index (χ1v) is 10.1. The molecule has 0 saturated carbocycles. The topological polar surface area (TPSA) is 58.6 Å². The van der Waals surface area contributed by atoms with Crippen molar-refractivity contribution in [3.63, 3.8) is 0 Å². The van der Waals surface area contributed by atoms with Gasteiger partial charge >= 0.3 is 0 Å². The van der Waals surface area contributed by atoms with Crippen molar-refractivity contribution in [1.29, 1.82) is 0 Å². The van der Waals surface area contributed by atoms with Gasteiger partial charge in [-0.15, -0.1) is 6.58 Å². The van der Waals surface area contributed by atoms with E-state index in [1.54, 1.807) is 29.2 Å². The van der Waals surface area contributed by atoms with Crippen LogP contribution in [0, 0.1) is 5.41 Å². The van der Waals surface area contributed by atoms with E-state index in [1.165, 1.54) is 5.56 Å². The smallest absolute Gasteiger partial charge is 0.255 e. The fraction of sp³-hybridized carbons (Fsp3) is 0.360. The van der Waals surface area contributed by atoms with Gasteiger partial charge in [0, 0.05) is 23.9 Å². The van der Waals surface area contributed by atoms with Crippen LogP contribution in [0.15, 0.2) is 55.1 Å². The van der Waals surface area contributed by atoms with Crippen molar-refractivity contribution in [3.05, 3.63) is 66.2 Å². The van der Waals surface area contributed by atoms with E-state index in [0.29, 0.717) is 29.2 Å². The highest BCUT2D eigenvalue weighted by atomic mass is 16.5. The van der Waals surface area contributed by atoms with E-state index in [4.69, 9.17) is 4.74 Å². The number of nitrogens with one attached hydrogen (secondary N) is 1. The second-order valence-electron chi connectivity index (χ2n) is 9.34. The summed E-state index contributed by atoms with van der Waals surface area (Å²) < 4.78 is 5.94. The molecule has 0 spiro atoms. The number of anilines is 2. The zero-order valence-electron chi connectivity index (χ0n) is 18.4. The summed E-state index contributed by atoms with van der Waals surface area (Å²) in [7, 11) is 0. The molecule has 1 N–H and O–H groups in total. The zero-order valence-corrected chi connectivity index (χ0v) is 18.4. The molecule has 0 fully saturated rings. The minimum Gasteiger partial charge on any atom is -0.490 e. The summed E-state index contributed by atoms with van der Waals surface area (Å²) in [4.78, 5) is 27.3. The number of fused-ring (bicyclic) bond motifs is 1. The number of ether oxygens (including phenoxy) is 1. The minimum atomic E-state index is -0.653. The Kier molecular flexibility index (Phi) is 5.75. The summed E-state index contributed by atoms with van der Waals surface area (Å²) in [6.07, 6.45) is 1.69. The number of nitrogens with zero attached hydrogens (tertiary/aromatic N) is 1. The van der Waals surface area contributed by atoms with Gasteiger partial charge in [-0.3, -0.25) is 9.59 Å². The van der Waals surface area contributed by atoms with Crippen molar-refractivity contribution >= 4 is 23.2 Å². The highest BCUT2D eigenvalue weighted by molar-refractivity contribution is 6.05. The van der Waals surface area contributed by atoms with Crippen LogP contribution < -0.4 is 15.0 Å². The van der Waals surface area contributed by atoms with Gasteiger partial charge in [-0.25, -0.2) is 0 Å². The van der Waals surface area contributed by atoms with Crippen molar-refractivity contribution in [3.8, 4) is 5.75 Å². The Bertz CT molecular complexity index is 969. The molecule has 3 rings (SSSR count). The number of amides is 2. The van der Waals surface area contributed by atoms with Crippen LogP contribution in [0.2, 0.25) is 0 Å². The fourth-order valence-corrected chi connectivity index (χ4v) is 3.36. The maximum absolute atomic E-state index is 12.9. The predicted molar refractivity (Wildman–Crippen MR) is 121 cm³/mol. The summed E-state index contributed by atoms with van der Waals surface area (Å²) in [5.74, 6) is 0.358. The molecule has 0 atom stereocenters. The maximum atomic E-state index is 12.9. The predicted octanol–water partition coefficient (Wildman–Crippen LogP) is 5.17. The molecule has 2 amide bonds. The SMILES string of the molecule is C=CCN1C(=O)C(C)(C)COc2cc(NC(=O)c3ccc(C(C)(C)C)cc3)ccc21. The molecule has 0 unspecified atom stereocenters. The Labute approximate surface area is 178 Å². The molecular weight excluding hydrogens is 376 g/mol. The lowest BCUT2D eigenvalue weighted by Gasteiger charge is -2.27. The van der Waals surface area contributed by atoms with Crippen LogP contribution in [0.5, 0.6) is 5.75 Å². The van der Waals surface area contributed by atoms with Crippen molar-refractivity contribution in [2.45, 2.75) is 40.0 Å². The first kappa shape index (κ1) is 21.6. The molecule has 0 aromatic heterocycles. The van der Waals surface area contributed by atoms with E-state index < -0.39 is 5.41 Å². The lowest BCUT2D eigenvalue weighted by molar-refractivity contribution is -0.127. The molecule has 1 aliphatic heterocycles. The molecule has 0 saturated heterocycles. The molecule has 30 heavy (non-hydrogen) atoms. The maximum Gasteiger partial charge on any atom is 0.255 e. The Hall–Kier alpha value is -3.08. The average molecular weight is 407 g/mol. The van der Waals surface area contributed by atoms with Gasteiger partial charge in [-0.05, 0) is 49.1 Å². The minimum absolute atomic E-state index is 0.0168. The van der Waals surface area contributed by atoms with Gasteiger partial charge in [0.05, 0.1) is 11.1 Å². The van der Waals surface area contributed by atoms with Gasteiger partial charge in [0.25, 0.3) is 5.91 Å². The molecule has 2 aromatic rings. The van der Waals surface area contributed by atoms with Gasteiger partial charge in [0.1, 0.15) is 12.4 Å². The molecule has 5 nitrogen and oxygen atoms in total. The third-order valence-electron chi connectivity index (χ3n) is 5.25. The number of hydrogen-bond donors (Lipinski definition) is 1. The summed E-state index contributed by atoms with van der Waals surface area (Å²) in [5, 5.41) is 2.92. The second kappa shape index (κ2) is 7.98. The molecular formula is C25H30N2O3. The van der Waals surface area contributed by atoms with Gasteiger partial charge in [0.15, 0.2) is 0 Å². The van der Waals surface area contributed by atoms with Gasteiger partial charge in [-0.1, -0.05) is 39.0 Å². The van der Waals surface area contributed by atoms with Crippen molar-refractivity contribution in [1.82, 2.24) is 0 Å². The molecule has 158 valence electrons. The van der Waals surface area contributed by atoms with Crippen molar-refractivity contribution in [2.75, 3.05) is 23.4 Å². The Morgan fingerprint density at radius 2 is 1.87 bits per heavy atom. The number of carbonyl (C=O) groups excluding carboxylic acids is 2. The number of carbonyl (C=O) groups is 2. The van der Waals surface area contributed by atoms with Crippen molar-refractivity contribution < 1.29 is 14.3 Å². The Balaban J connectivity index is 1.84. The summed E-state index contributed by atoms with van der Waals surface area (Å²) in [5.41, 5.74) is 2.43. The molecule has 0 bridgehead atoms. The molecule has 5 heteroatoms. The van der Waals surface area contributed by atoms with Crippen LogP contribution in [0.25, 0.3) is 0 Å². The van der Waals surface area contributed by atoms with Crippen LogP contribution in [0.4, 0.5) is 11.4 Å². The normalized spacial score (nSPS) is 15.6. The highest BCUT2D eigenvalue weighted by Crippen LogP contribution is 2.38. The van der Waals surface area contributed by atoms with Gasteiger partial charge in [-0.2, -0.15) is 0 Å². The molecule has 1 aliphatic rings. The standard InChI is InChI=1S/C25H30N2O3/c1-7-14-27-20-13-12-19(15-21(20)30-16-25(5,6)23(27)29)26-22(28)17-8-10-18(11-9-17)24(2,3)4/h7-13,15H,1,14,16H2,2-6H3,(H,26,28). The van der Waals surface area contributed by atoms with E-state index in [1.807, 2.05) is 38.1 Å². The second-order valence-corrected chi connectivity index (χ2v) is 9.34. The van der Waals surface area contributed by atoms with E-state index in [2.05, 4.69) is 32.7 Å². The number of hydrogen-bond acceptors (Lipinski definition) is 3. The summed E-state index contributed by atoms with van der Waals surface area (Å²) >= 11 is 0. The van der Waals surface area contributed by atoms with Gasteiger partial charge < -0.3 is 15.0 Å². The van der Waals surface area contributed by atoms with Crippen LogP contribution in [-0.2, 0) is 10.2 Å². The van der Waals surface area contributed by atoms with Gasteiger partial charge in [0.2, 0.25) is 5.91 Å². The van der Waals surface area contributed by atoms with Crippen LogP contribution in [0.1, 0.15) is 50.5 Å². The van der Waals surface area contributed by atoms with E-state index in [-0.39, 0.29) is 23.8 Å². The third kappa shape index (κ3) is 4.40. The quantitative estimate of drug-likeness (QED) is 0.712. The number of benzene rings is 2. The lowest BCUT2D eigenvalue weighted by atomic mass is 9.87. The average Bonchev–Trinajstić information content (AvgIpc) is 2.78. The summed E-state index contributed by atoms with van der Waals surface area (Å²) in [6.45, 7) is 14.6. The van der Waals surface area contributed by atoms with E-state index in [0.717, 1.165) is 0 Å².